The highest BCUT2D eigenvalue weighted by Crippen LogP contribution is 2.38. The molecule has 10 heteroatoms. The lowest BCUT2D eigenvalue weighted by Gasteiger charge is -2.23. The SMILES string of the molecule is COc1cc(C(=O)NCC(=O)N2CCCN(c3ncccc3C#N)CC2)cc(OC)c1OC. The topological polar surface area (TPSA) is 117 Å². The monoisotopic (exact) mass is 453 g/mol. The zero-order chi connectivity index (χ0) is 23.8. The minimum atomic E-state index is -0.425. The van der Waals surface area contributed by atoms with E-state index in [1.165, 1.54) is 33.5 Å². The molecule has 33 heavy (non-hydrogen) atoms. The van der Waals surface area contributed by atoms with Gasteiger partial charge in [0, 0.05) is 37.9 Å². The van der Waals surface area contributed by atoms with Crippen molar-refractivity contribution >= 4 is 17.6 Å². The number of hydrogen-bond donors (Lipinski definition) is 1. The predicted octanol–water partition coefficient (Wildman–Crippen LogP) is 1.45. The molecule has 0 spiro atoms. The zero-order valence-corrected chi connectivity index (χ0v) is 19.0. The molecule has 2 heterocycles. The standard InChI is InChI=1S/C23H27N5O5/c1-31-18-12-17(13-19(32-2)21(18)33-3)23(30)26-15-20(29)27-8-5-9-28(11-10-27)22-16(14-24)6-4-7-25-22/h4,6-7,12-13H,5,8-11,15H2,1-3H3,(H,26,30). The van der Waals surface area contributed by atoms with Crippen LogP contribution in [0.15, 0.2) is 30.5 Å². The van der Waals surface area contributed by atoms with Gasteiger partial charge < -0.3 is 29.3 Å². The molecule has 1 saturated heterocycles. The smallest absolute Gasteiger partial charge is 0.251 e. The largest absolute Gasteiger partial charge is 0.493 e. The molecule has 0 aliphatic carbocycles. The van der Waals surface area contributed by atoms with Crippen LogP contribution in [0, 0.1) is 11.3 Å². The number of rotatable bonds is 7. The van der Waals surface area contributed by atoms with E-state index in [-0.39, 0.29) is 12.5 Å². The first kappa shape index (κ1) is 23.7. The van der Waals surface area contributed by atoms with Crippen LogP contribution in [0.2, 0.25) is 0 Å². The van der Waals surface area contributed by atoms with Crippen LogP contribution in [0.1, 0.15) is 22.3 Å². The van der Waals surface area contributed by atoms with Crippen molar-refractivity contribution in [3.63, 3.8) is 0 Å². The minimum absolute atomic E-state index is 0.136. The lowest BCUT2D eigenvalue weighted by atomic mass is 10.1. The molecular formula is C23H27N5O5. The molecule has 2 amide bonds. The van der Waals surface area contributed by atoms with Crippen molar-refractivity contribution in [3.8, 4) is 23.3 Å². The van der Waals surface area contributed by atoms with E-state index in [1.807, 2.05) is 4.90 Å². The minimum Gasteiger partial charge on any atom is -0.493 e. The molecule has 0 saturated carbocycles. The number of nitrogens with one attached hydrogen (secondary N) is 1. The van der Waals surface area contributed by atoms with Crippen molar-refractivity contribution in [1.29, 1.82) is 5.26 Å². The van der Waals surface area contributed by atoms with Crippen molar-refractivity contribution in [2.24, 2.45) is 0 Å². The first-order chi connectivity index (χ1) is 16.0. The van der Waals surface area contributed by atoms with Gasteiger partial charge >= 0.3 is 0 Å². The highest BCUT2D eigenvalue weighted by molar-refractivity contribution is 5.97. The molecule has 10 nitrogen and oxygen atoms in total. The number of hydrogen-bond acceptors (Lipinski definition) is 8. The molecule has 0 atom stereocenters. The summed E-state index contributed by atoms with van der Waals surface area (Å²) in [5.74, 6) is 1.11. The van der Waals surface area contributed by atoms with Crippen LogP contribution in [0.3, 0.4) is 0 Å². The maximum atomic E-state index is 12.8. The van der Waals surface area contributed by atoms with E-state index < -0.39 is 5.91 Å². The van der Waals surface area contributed by atoms with Gasteiger partial charge in [-0.25, -0.2) is 4.98 Å². The number of nitriles is 1. The van der Waals surface area contributed by atoms with E-state index in [2.05, 4.69) is 16.4 Å². The molecule has 1 aromatic heterocycles. The van der Waals surface area contributed by atoms with Crippen LogP contribution in [0.5, 0.6) is 17.2 Å². The van der Waals surface area contributed by atoms with Crippen LogP contribution in [-0.4, -0.2) is 75.8 Å². The Labute approximate surface area is 192 Å². The van der Waals surface area contributed by atoms with Crippen molar-refractivity contribution in [2.75, 3.05) is 59.0 Å². The second-order valence-electron chi connectivity index (χ2n) is 7.30. The highest BCUT2D eigenvalue weighted by Gasteiger charge is 2.22. The summed E-state index contributed by atoms with van der Waals surface area (Å²) in [5.41, 5.74) is 0.799. The third-order valence-electron chi connectivity index (χ3n) is 5.38. The van der Waals surface area contributed by atoms with Crippen molar-refractivity contribution in [3.05, 3.63) is 41.6 Å². The van der Waals surface area contributed by atoms with Gasteiger partial charge in [0.1, 0.15) is 11.9 Å². The number of anilines is 1. The molecule has 1 fully saturated rings. The number of methoxy groups -OCH3 is 3. The molecule has 1 aliphatic heterocycles. The summed E-state index contributed by atoms with van der Waals surface area (Å²) in [4.78, 5) is 33.5. The van der Waals surface area contributed by atoms with Gasteiger partial charge in [0.15, 0.2) is 11.5 Å². The summed E-state index contributed by atoms with van der Waals surface area (Å²) in [6, 6.07) is 8.69. The maximum Gasteiger partial charge on any atom is 0.251 e. The highest BCUT2D eigenvalue weighted by atomic mass is 16.5. The van der Waals surface area contributed by atoms with E-state index in [4.69, 9.17) is 14.2 Å². The fourth-order valence-corrected chi connectivity index (χ4v) is 3.70. The Morgan fingerprint density at radius 3 is 2.45 bits per heavy atom. The lowest BCUT2D eigenvalue weighted by molar-refractivity contribution is -0.129. The molecule has 1 N–H and O–H groups in total. The third kappa shape index (κ3) is 5.44. The Balaban J connectivity index is 1.61. The molecule has 3 rings (SSSR count). The van der Waals surface area contributed by atoms with Crippen LogP contribution in [-0.2, 0) is 4.79 Å². The first-order valence-corrected chi connectivity index (χ1v) is 10.5. The molecule has 2 aromatic rings. The summed E-state index contributed by atoms with van der Waals surface area (Å²) < 4.78 is 15.8. The number of amides is 2. The number of nitrogens with zero attached hydrogens (tertiary/aromatic N) is 4. The summed E-state index contributed by atoms with van der Waals surface area (Å²) in [6.07, 6.45) is 2.39. The fourth-order valence-electron chi connectivity index (χ4n) is 3.70. The van der Waals surface area contributed by atoms with Crippen molar-refractivity contribution in [1.82, 2.24) is 15.2 Å². The van der Waals surface area contributed by atoms with Gasteiger partial charge in [-0.3, -0.25) is 9.59 Å². The quantitative estimate of drug-likeness (QED) is 0.670. The van der Waals surface area contributed by atoms with Crippen LogP contribution in [0.25, 0.3) is 0 Å². The summed E-state index contributed by atoms with van der Waals surface area (Å²) in [5, 5.41) is 12.0. The molecule has 1 aliphatic rings. The first-order valence-electron chi connectivity index (χ1n) is 10.5. The van der Waals surface area contributed by atoms with E-state index in [9.17, 15) is 14.9 Å². The number of aromatic nitrogens is 1. The number of carbonyl (C=O) groups is 2. The number of pyridine rings is 1. The van der Waals surface area contributed by atoms with Gasteiger partial charge in [-0.1, -0.05) is 0 Å². The van der Waals surface area contributed by atoms with Crippen LogP contribution < -0.4 is 24.4 Å². The Morgan fingerprint density at radius 2 is 1.82 bits per heavy atom. The van der Waals surface area contributed by atoms with Gasteiger partial charge in [-0.2, -0.15) is 5.26 Å². The van der Waals surface area contributed by atoms with Gasteiger partial charge in [0.2, 0.25) is 11.7 Å². The Hall–Kier alpha value is -4.00. The molecule has 174 valence electrons. The third-order valence-corrected chi connectivity index (χ3v) is 5.38. The van der Waals surface area contributed by atoms with Gasteiger partial charge in [0.25, 0.3) is 5.91 Å². The van der Waals surface area contributed by atoms with E-state index in [1.54, 1.807) is 23.2 Å². The Bertz CT molecular complexity index is 1030. The van der Waals surface area contributed by atoms with Gasteiger partial charge in [-0.15, -0.1) is 0 Å². The number of carbonyl (C=O) groups excluding carboxylic acids is 2. The van der Waals surface area contributed by atoms with Crippen LogP contribution >= 0.6 is 0 Å². The summed E-state index contributed by atoms with van der Waals surface area (Å²) in [7, 11) is 4.42. The van der Waals surface area contributed by atoms with Crippen molar-refractivity contribution in [2.45, 2.75) is 6.42 Å². The Kier molecular flexibility index (Phi) is 7.91. The number of ether oxygens (including phenoxy) is 3. The molecule has 0 radical (unpaired) electrons. The molecular weight excluding hydrogens is 426 g/mol. The van der Waals surface area contributed by atoms with E-state index >= 15 is 0 Å². The fraction of sp³-hybridized carbons (Fsp3) is 0.391. The molecule has 0 unspecified atom stereocenters. The second-order valence-corrected chi connectivity index (χ2v) is 7.30. The average Bonchev–Trinajstić information content (AvgIpc) is 3.12. The van der Waals surface area contributed by atoms with Gasteiger partial charge in [-0.05, 0) is 30.7 Å². The molecule has 1 aromatic carbocycles. The zero-order valence-electron chi connectivity index (χ0n) is 19.0. The summed E-state index contributed by atoms with van der Waals surface area (Å²) in [6.45, 7) is 2.14. The van der Waals surface area contributed by atoms with E-state index in [0.717, 1.165) is 6.42 Å². The normalized spacial score (nSPS) is 13.5. The number of benzene rings is 1. The Morgan fingerprint density at radius 1 is 1.09 bits per heavy atom. The predicted molar refractivity (Wildman–Crippen MR) is 121 cm³/mol. The van der Waals surface area contributed by atoms with Crippen LogP contribution in [0.4, 0.5) is 5.82 Å². The summed E-state index contributed by atoms with van der Waals surface area (Å²) >= 11 is 0. The molecule has 0 bridgehead atoms. The van der Waals surface area contributed by atoms with Gasteiger partial charge in [0.05, 0.1) is 33.4 Å². The average molecular weight is 453 g/mol. The maximum absolute atomic E-state index is 12.8. The van der Waals surface area contributed by atoms with Crippen molar-refractivity contribution < 1.29 is 23.8 Å². The second kappa shape index (κ2) is 11.0. The van der Waals surface area contributed by atoms with E-state index in [0.29, 0.717) is 60.4 Å². The lowest BCUT2D eigenvalue weighted by Crippen LogP contribution is -2.42.